The summed E-state index contributed by atoms with van der Waals surface area (Å²) < 4.78 is 16.6. The first kappa shape index (κ1) is 26.0. The van der Waals surface area contributed by atoms with Crippen molar-refractivity contribution in [3.05, 3.63) is 54.1 Å². The minimum Gasteiger partial charge on any atom is -0.494 e. The number of hydrogen-bond acceptors (Lipinski definition) is 3. The molecule has 0 aliphatic heterocycles. The summed E-state index contributed by atoms with van der Waals surface area (Å²) in [5.74, 6) is 7.13. The summed E-state index contributed by atoms with van der Waals surface area (Å²) in [6.45, 7) is 7.39. The van der Waals surface area contributed by atoms with E-state index in [1.165, 1.54) is 56.1 Å². The van der Waals surface area contributed by atoms with Crippen LogP contribution in [0.3, 0.4) is 0 Å². The molecule has 3 heteroatoms. The van der Waals surface area contributed by atoms with E-state index < -0.39 is 0 Å². The van der Waals surface area contributed by atoms with Gasteiger partial charge >= 0.3 is 0 Å². The van der Waals surface area contributed by atoms with Crippen molar-refractivity contribution in [1.29, 1.82) is 0 Å². The zero-order valence-corrected chi connectivity index (χ0v) is 20.0. The maximum Gasteiger partial charge on any atom is 0.119 e. The molecule has 0 saturated heterocycles. The van der Waals surface area contributed by atoms with Crippen LogP contribution in [0.5, 0.6) is 5.75 Å². The summed E-state index contributed by atoms with van der Waals surface area (Å²) in [5.41, 5.74) is 3.36. The molecule has 2 aromatic rings. The lowest BCUT2D eigenvalue weighted by molar-refractivity contribution is 0.0662. The summed E-state index contributed by atoms with van der Waals surface area (Å²) in [4.78, 5) is 0. The van der Waals surface area contributed by atoms with Gasteiger partial charge in [0.15, 0.2) is 0 Å². The minimum absolute atomic E-state index is 0.426. The van der Waals surface area contributed by atoms with Gasteiger partial charge in [-0.25, -0.2) is 0 Å². The molecule has 0 aliphatic rings. The van der Waals surface area contributed by atoms with Gasteiger partial charge < -0.3 is 14.2 Å². The highest BCUT2D eigenvalue weighted by molar-refractivity contribution is 5.65. The highest BCUT2D eigenvalue weighted by Crippen LogP contribution is 2.23. The second-order valence-electron chi connectivity index (χ2n) is 7.98. The quantitative estimate of drug-likeness (QED) is 0.204. The molecule has 0 aromatic heterocycles. The molecule has 2 aromatic carbocycles. The Morgan fingerprint density at radius 1 is 0.625 bits per heavy atom. The van der Waals surface area contributed by atoms with Gasteiger partial charge in [0.25, 0.3) is 0 Å². The zero-order chi connectivity index (χ0) is 22.7. The molecule has 32 heavy (non-hydrogen) atoms. The van der Waals surface area contributed by atoms with Gasteiger partial charge in [0.2, 0.25) is 0 Å². The second kappa shape index (κ2) is 17.3. The van der Waals surface area contributed by atoms with E-state index in [0.29, 0.717) is 19.8 Å². The molecule has 0 aliphatic carbocycles. The monoisotopic (exact) mass is 436 g/mol. The first-order valence-electron chi connectivity index (χ1n) is 12.3. The fourth-order valence-corrected chi connectivity index (χ4v) is 3.44. The lowest BCUT2D eigenvalue weighted by Gasteiger charge is -2.08. The Hall–Kier alpha value is -2.28. The van der Waals surface area contributed by atoms with Gasteiger partial charge in [-0.05, 0) is 48.7 Å². The van der Waals surface area contributed by atoms with Crippen LogP contribution in [0.4, 0.5) is 0 Å². The third-order valence-electron chi connectivity index (χ3n) is 5.32. The largest absolute Gasteiger partial charge is 0.494 e. The smallest absolute Gasteiger partial charge is 0.119 e. The standard InChI is InChI=1S/C29H40O3/c1-3-5-6-7-8-9-10-11-23-32-29-20-18-28(19-21-29)27-16-14-26(15-17-27)13-12-22-31-25-24-30-4-2/h14-21H,3-11,22-25H2,1-2H3. The van der Waals surface area contributed by atoms with Gasteiger partial charge in [-0.3, -0.25) is 0 Å². The highest BCUT2D eigenvalue weighted by Gasteiger charge is 2.00. The van der Waals surface area contributed by atoms with E-state index in [1.807, 2.05) is 6.92 Å². The summed E-state index contributed by atoms with van der Waals surface area (Å²) in [6, 6.07) is 16.7. The molecular formula is C29H40O3. The SMILES string of the molecule is CCCCCCCCCCOc1ccc(-c2ccc(C#CCOCCOCC)cc2)cc1. The molecule has 2 rings (SSSR count). The molecule has 0 N–H and O–H groups in total. The van der Waals surface area contributed by atoms with Crippen LogP contribution in [-0.2, 0) is 9.47 Å². The molecule has 0 radical (unpaired) electrons. The average molecular weight is 437 g/mol. The summed E-state index contributed by atoms with van der Waals surface area (Å²) in [5, 5.41) is 0. The molecule has 0 unspecified atom stereocenters. The van der Waals surface area contributed by atoms with Gasteiger partial charge in [0.1, 0.15) is 12.4 Å². The molecule has 0 heterocycles. The molecular weight excluding hydrogens is 396 g/mol. The normalized spacial score (nSPS) is 10.6. The van der Waals surface area contributed by atoms with Gasteiger partial charge in [-0.2, -0.15) is 0 Å². The Kier molecular flexibility index (Phi) is 14.0. The molecule has 3 nitrogen and oxygen atoms in total. The average Bonchev–Trinajstić information content (AvgIpc) is 2.83. The minimum atomic E-state index is 0.426. The number of unbranched alkanes of at least 4 members (excludes halogenated alkanes) is 7. The molecule has 174 valence electrons. The molecule has 0 spiro atoms. The van der Waals surface area contributed by atoms with Crippen LogP contribution >= 0.6 is 0 Å². The predicted molar refractivity (Wildman–Crippen MR) is 134 cm³/mol. The zero-order valence-electron chi connectivity index (χ0n) is 20.0. The van der Waals surface area contributed by atoms with E-state index in [9.17, 15) is 0 Å². The maximum atomic E-state index is 5.91. The summed E-state index contributed by atoms with van der Waals surface area (Å²) >= 11 is 0. The van der Waals surface area contributed by atoms with Gasteiger partial charge in [-0.1, -0.05) is 88.0 Å². The van der Waals surface area contributed by atoms with E-state index in [-0.39, 0.29) is 0 Å². The van der Waals surface area contributed by atoms with Crippen molar-refractivity contribution < 1.29 is 14.2 Å². The van der Waals surface area contributed by atoms with Gasteiger partial charge in [-0.15, -0.1) is 0 Å². The Morgan fingerprint density at radius 3 is 1.88 bits per heavy atom. The van der Waals surface area contributed by atoms with Crippen LogP contribution in [0, 0.1) is 11.8 Å². The predicted octanol–water partition coefficient (Wildman–Crippen LogP) is 7.28. The van der Waals surface area contributed by atoms with E-state index >= 15 is 0 Å². The number of benzene rings is 2. The number of hydrogen-bond donors (Lipinski definition) is 0. The van der Waals surface area contributed by atoms with Crippen molar-refractivity contribution in [2.75, 3.05) is 33.0 Å². The molecule has 0 fully saturated rings. The molecule has 0 amide bonds. The van der Waals surface area contributed by atoms with E-state index in [4.69, 9.17) is 14.2 Å². The molecule has 0 saturated carbocycles. The summed E-state index contributed by atoms with van der Waals surface area (Å²) in [6.07, 6.45) is 10.6. The van der Waals surface area contributed by atoms with Crippen LogP contribution in [0.15, 0.2) is 48.5 Å². The van der Waals surface area contributed by atoms with Crippen LogP contribution in [0.1, 0.15) is 70.8 Å². The first-order chi connectivity index (χ1) is 15.8. The van der Waals surface area contributed by atoms with Crippen molar-refractivity contribution in [2.45, 2.75) is 65.2 Å². The van der Waals surface area contributed by atoms with E-state index in [1.54, 1.807) is 0 Å². The third-order valence-corrected chi connectivity index (χ3v) is 5.32. The second-order valence-corrected chi connectivity index (χ2v) is 7.98. The Bertz CT molecular complexity index is 769. The lowest BCUT2D eigenvalue weighted by Crippen LogP contribution is -2.03. The number of rotatable bonds is 16. The van der Waals surface area contributed by atoms with Crippen molar-refractivity contribution in [1.82, 2.24) is 0 Å². The van der Waals surface area contributed by atoms with Gasteiger partial charge in [0, 0.05) is 12.2 Å². The van der Waals surface area contributed by atoms with E-state index in [2.05, 4.69) is 67.3 Å². The topological polar surface area (TPSA) is 27.7 Å². The van der Waals surface area contributed by atoms with Crippen LogP contribution in [0.2, 0.25) is 0 Å². The van der Waals surface area contributed by atoms with Crippen LogP contribution < -0.4 is 4.74 Å². The number of ether oxygens (including phenoxy) is 3. The Morgan fingerprint density at radius 2 is 1.22 bits per heavy atom. The maximum absolute atomic E-state index is 5.91. The van der Waals surface area contributed by atoms with Crippen molar-refractivity contribution >= 4 is 0 Å². The van der Waals surface area contributed by atoms with Gasteiger partial charge in [0.05, 0.1) is 19.8 Å². The first-order valence-corrected chi connectivity index (χ1v) is 12.3. The fourth-order valence-electron chi connectivity index (χ4n) is 3.44. The van der Waals surface area contributed by atoms with Crippen molar-refractivity contribution in [3.8, 4) is 28.7 Å². The molecule has 0 atom stereocenters. The third kappa shape index (κ3) is 11.4. The van der Waals surface area contributed by atoms with E-state index in [0.717, 1.165) is 30.9 Å². The Labute approximate surface area is 195 Å². The summed E-state index contributed by atoms with van der Waals surface area (Å²) in [7, 11) is 0. The molecule has 0 bridgehead atoms. The lowest BCUT2D eigenvalue weighted by atomic mass is 10.0. The highest BCUT2D eigenvalue weighted by atomic mass is 16.5. The Balaban J connectivity index is 1.66. The van der Waals surface area contributed by atoms with Crippen molar-refractivity contribution in [2.24, 2.45) is 0 Å². The van der Waals surface area contributed by atoms with Crippen LogP contribution in [0.25, 0.3) is 11.1 Å². The fraction of sp³-hybridized carbons (Fsp3) is 0.517. The van der Waals surface area contributed by atoms with Crippen molar-refractivity contribution in [3.63, 3.8) is 0 Å². The van der Waals surface area contributed by atoms with Crippen LogP contribution in [-0.4, -0.2) is 33.0 Å².